The minimum Gasteiger partial charge on any atom is -0.389 e. The van der Waals surface area contributed by atoms with Crippen molar-refractivity contribution in [2.45, 2.75) is 77.4 Å². The van der Waals surface area contributed by atoms with Gasteiger partial charge >= 0.3 is 0 Å². The first-order valence-corrected chi connectivity index (χ1v) is 23.7. The minimum absolute atomic E-state index is 0.0518. The van der Waals surface area contributed by atoms with E-state index in [0.717, 1.165) is 60.1 Å². The van der Waals surface area contributed by atoms with Gasteiger partial charge < -0.3 is 14.6 Å². The summed E-state index contributed by atoms with van der Waals surface area (Å²) in [6.45, 7) is 8.61. The van der Waals surface area contributed by atoms with Crippen LogP contribution in [0.2, 0.25) is 0 Å². The van der Waals surface area contributed by atoms with Gasteiger partial charge in [0.15, 0.2) is 0 Å². The number of rotatable bonds is 11. The second kappa shape index (κ2) is 16.2. The molecule has 3 aromatic heterocycles. The molecule has 6 heteroatoms. The van der Waals surface area contributed by atoms with E-state index in [0.29, 0.717) is 0 Å². The highest BCUT2D eigenvalue weighted by Crippen LogP contribution is 2.56. The Morgan fingerprint density at radius 1 is 0.766 bits per heavy atom. The molecule has 5 nitrogen and oxygen atoms in total. The molecular weight excluding hydrogens is 801 g/mol. The third-order valence-electron chi connectivity index (χ3n) is 13.8. The summed E-state index contributed by atoms with van der Waals surface area (Å²) in [4.78, 5) is 11.5. The standard InChI is InChI=1S/C58H52N4OS/c1-5-27-58(28-6-2)52-10-8-7-9-46(52)47-25-22-43(30-53(47)58)61(42-20-15-39(16-21-42)14-13-38(4)63)44-23-26-49-51-32-50-48-24-19-41(40-17-11-37(3)12-18-40)29-54(48)62(45-34-59-36-60-35-45)55(50)33-57(51)64-56(49)31-44/h7-26,29,31-36,38,43,63H,5-6,27-28,30H2,1-4H3/b14-13+. The highest BCUT2D eigenvalue weighted by atomic mass is 32.1. The summed E-state index contributed by atoms with van der Waals surface area (Å²) >= 11 is 1.87. The van der Waals surface area contributed by atoms with Crippen molar-refractivity contribution < 1.29 is 5.11 Å². The summed E-state index contributed by atoms with van der Waals surface area (Å²) in [6, 6.07) is 45.7. The van der Waals surface area contributed by atoms with Crippen LogP contribution in [0, 0.1) is 6.92 Å². The molecule has 6 aromatic carbocycles. The van der Waals surface area contributed by atoms with Crippen LogP contribution in [-0.4, -0.2) is 31.8 Å². The van der Waals surface area contributed by atoms with Crippen LogP contribution >= 0.6 is 11.3 Å². The first kappa shape index (κ1) is 40.2. The van der Waals surface area contributed by atoms with E-state index in [1.165, 1.54) is 70.0 Å². The van der Waals surface area contributed by atoms with Gasteiger partial charge in [0.1, 0.15) is 6.33 Å². The Morgan fingerprint density at radius 3 is 2.23 bits per heavy atom. The van der Waals surface area contributed by atoms with Crippen molar-refractivity contribution in [2.24, 2.45) is 0 Å². The van der Waals surface area contributed by atoms with Gasteiger partial charge in [0.2, 0.25) is 0 Å². The number of allylic oxidation sites excluding steroid dienone is 2. The van der Waals surface area contributed by atoms with Gasteiger partial charge in [-0.15, -0.1) is 11.3 Å². The predicted octanol–water partition coefficient (Wildman–Crippen LogP) is 15.1. The highest BCUT2D eigenvalue weighted by Gasteiger charge is 2.45. The second-order valence-electron chi connectivity index (χ2n) is 17.9. The monoisotopic (exact) mass is 852 g/mol. The summed E-state index contributed by atoms with van der Waals surface area (Å²) in [5, 5.41) is 14.9. The smallest absolute Gasteiger partial charge is 0.115 e. The van der Waals surface area contributed by atoms with Gasteiger partial charge in [0, 0.05) is 47.7 Å². The first-order valence-electron chi connectivity index (χ1n) is 22.9. The van der Waals surface area contributed by atoms with E-state index in [9.17, 15) is 5.11 Å². The number of thiophene rings is 1. The van der Waals surface area contributed by atoms with Crippen molar-refractivity contribution in [1.29, 1.82) is 0 Å². The normalized spacial score (nSPS) is 16.1. The Labute approximate surface area is 379 Å². The molecule has 3 heterocycles. The molecule has 1 N–H and O–H groups in total. The maximum atomic E-state index is 9.97. The third kappa shape index (κ3) is 6.70. The number of aromatic nitrogens is 3. The lowest BCUT2D eigenvalue weighted by Gasteiger charge is -2.40. The van der Waals surface area contributed by atoms with Crippen LogP contribution in [0.1, 0.15) is 75.1 Å². The first-order chi connectivity index (χ1) is 31.3. The van der Waals surface area contributed by atoms with Crippen LogP contribution in [0.3, 0.4) is 0 Å². The number of nitrogens with zero attached hydrogens (tertiary/aromatic N) is 4. The summed E-state index contributed by atoms with van der Waals surface area (Å²) in [5.74, 6) is 0. The Hall–Kier alpha value is -6.60. The topological polar surface area (TPSA) is 54.2 Å². The zero-order chi connectivity index (χ0) is 43.5. The maximum Gasteiger partial charge on any atom is 0.115 e. The van der Waals surface area contributed by atoms with Crippen molar-refractivity contribution in [2.75, 3.05) is 4.90 Å². The zero-order valence-electron chi connectivity index (χ0n) is 36.9. The summed E-state index contributed by atoms with van der Waals surface area (Å²) in [7, 11) is 0. The van der Waals surface area contributed by atoms with Crippen molar-refractivity contribution in [3.63, 3.8) is 0 Å². The van der Waals surface area contributed by atoms with E-state index in [4.69, 9.17) is 0 Å². The average Bonchev–Trinajstić information content (AvgIpc) is 3.93. The molecule has 9 aromatic rings. The molecule has 0 saturated carbocycles. The van der Waals surface area contributed by atoms with Crippen LogP contribution in [0.4, 0.5) is 11.4 Å². The Kier molecular flexibility index (Phi) is 10.2. The van der Waals surface area contributed by atoms with Gasteiger partial charge in [-0.25, -0.2) is 9.97 Å². The van der Waals surface area contributed by atoms with Gasteiger partial charge in [-0.05, 0) is 115 Å². The molecule has 0 amide bonds. The fourth-order valence-electron chi connectivity index (χ4n) is 11.0. The minimum atomic E-state index is -0.496. The van der Waals surface area contributed by atoms with Gasteiger partial charge in [-0.3, -0.25) is 0 Å². The summed E-state index contributed by atoms with van der Waals surface area (Å²) < 4.78 is 4.84. The van der Waals surface area contributed by atoms with E-state index in [2.05, 4.69) is 174 Å². The van der Waals surface area contributed by atoms with E-state index in [1.807, 2.05) is 35.9 Å². The zero-order valence-corrected chi connectivity index (χ0v) is 37.7. The van der Waals surface area contributed by atoms with Crippen molar-refractivity contribution in [3.8, 4) is 16.8 Å². The molecule has 0 bridgehead atoms. The molecule has 0 radical (unpaired) electrons. The number of hydrogen-bond acceptors (Lipinski definition) is 5. The molecule has 2 aliphatic rings. The molecule has 64 heavy (non-hydrogen) atoms. The number of fused-ring (bicyclic) bond motifs is 8. The molecule has 2 aliphatic carbocycles. The fourth-order valence-corrected chi connectivity index (χ4v) is 12.1. The van der Waals surface area contributed by atoms with Gasteiger partial charge in [0.05, 0.1) is 41.3 Å². The molecule has 2 unspecified atom stereocenters. The van der Waals surface area contributed by atoms with Crippen LogP contribution in [0.15, 0.2) is 164 Å². The van der Waals surface area contributed by atoms with Gasteiger partial charge in [-0.1, -0.05) is 135 Å². The second-order valence-corrected chi connectivity index (χ2v) is 19.0. The van der Waals surface area contributed by atoms with Crippen molar-refractivity contribution >= 4 is 76.3 Å². The van der Waals surface area contributed by atoms with Gasteiger partial charge in [-0.2, -0.15) is 0 Å². The van der Waals surface area contributed by atoms with E-state index < -0.39 is 6.10 Å². The summed E-state index contributed by atoms with van der Waals surface area (Å²) in [5.41, 5.74) is 16.3. The number of benzene rings is 6. The van der Waals surface area contributed by atoms with E-state index in [-0.39, 0.29) is 11.5 Å². The van der Waals surface area contributed by atoms with Crippen molar-refractivity contribution in [3.05, 3.63) is 186 Å². The molecule has 0 aliphatic heterocycles. The van der Waals surface area contributed by atoms with Crippen LogP contribution < -0.4 is 4.90 Å². The largest absolute Gasteiger partial charge is 0.389 e. The highest BCUT2D eigenvalue weighted by molar-refractivity contribution is 7.26. The van der Waals surface area contributed by atoms with E-state index >= 15 is 0 Å². The van der Waals surface area contributed by atoms with E-state index in [1.54, 1.807) is 18.8 Å². The van der Waals surface area contributed by atoms with Crippen molar-refractivity contribution in [1.82, 2.24) is 14.5 Å². The fraction of sp³-hybridized carbons (Fsp3) is 0.207. The number of anilines is 2. The van der Waals surface area contributed by atoms with Crippen LogP contribution in [0.5, 0.6) is 0 Å². The lowest BCUT2D eigenvalue weighted by atomic mass is 9.68. The summed E-state index contributed by atoms with van der Waals surface area (Å²) in [6.07, 6.45) is 19.2. The lowest BCUT2D eigenvalue weighted by molar-refractivity contribution is 0.245. The molecule has 316 valence electrons. The molecule has 0 saturated heterocycles. The lowest BCUT2D eigenvalue weighted by Crippen LogP contribution is -2.35. The van der Waals surface area contributed by atoms with Gasteiger partial charge in [0.25, 0.3) is 0 Å². The number of aliphatic hydroxyl groups excluding tert-OH is 1. The Morgan fingerprint density at radius 2 is 1.47 bits per heavy atom. The Balaban J connectivity index is 1.05. The number of aryl methyl sites for hydroxylation is 1. The number of hydrogen-bond donors (Lipinski definition) is 1. The van der Waals surface area contributed by atoms with Crippen LogP contribution in [-0.2, 0) is 5.41 Å². The molecular formula is C58H52N4OS. The third-order valence-corrected chi connectivity index (χ3v) is 14.9. The average molecular weight is 853 g/mol. The predicted molar refractivity (Wildman–Crippen MR) is 271 cm³/mol. The Bertz CT molecular complexity index is 3310. The number of aliphatic hydroxyl groups is 1. The molecule has 2 atom stereocenters. The SMILES string of the molecule is CCCC1(CCC)C2=C(C=CC(N(c3ccc(/C=C/C(C)O)cc3)c3ccc4c(c3)sc3cc5c(cc34)c3ccc(-c4ccc(C)cc4)cc3n5-c3cncnc3)C2)c2ccccc21. The maximum absolute atomic E-state index is 9.97. The molecule has 0 spiro atoms. The molecule has 0 fully saturated rings. The molecule has 11 rings (SSSR count). The van der Waals surface area contributed by atoms with Crippen LogP contribution in [0.25, 0.3) is 70.4 Å². The quantitative estimate of drug-likeness (QED) is 0.141.